The van der Waals surface area contributed by atoms with Crippen molar-refractivity contribution >= 4 is 29.0 Å². The second-order valence-electron chi connectivity index (χ2n) is 5.02. The Bertz CT molecular complexity index is 669. The molecule has 6 heteroatoms. The highest BCUT2D eigenvalue weighted by Gasteiger charge is 2.26. The number of rotatable bonds is 3. The molecule has 1 aliphatic carbocycles. The van der Waals surface area contributed by atoms with E-state index in [1.807, 2.05) is 19.2 Å². The fourth-order valence-electron chi connectivity index (χ4n) is 2.64. The molecule has 2 heterocycles. The molecule has 110 valence electrons. The van der Waals surface area contributed by atoms with E-state index in [0.717, 1.165) is 35.0 Å². The van der Waals surface area contributed by atoms with Crippen molar-refractivity contribution in [3.05, 3.63) is 39.5 Å². The minimum atomic E-state index is -0.0593. The largest absolute Gasteiger partial charge is 0.344 e. The number of carbonyl (C=O) groups is 1. The Hall–Kier alpha value is -1.40. The maximum Gasteiger partial charge on any atom is 0.254 e. The summed E-state index contributed by atoms with van der Waals surface area (Å²) in [6.45, 7) is 2.02. The van der Waals surface area contributed by atoms with Gasteiger partial charge >= 0.3 is 0 Å². The highest BCUT2D eigenvalue weighted by atomic mass is 32.2. The van der Waals surface area contributed by atoms with E-state index in [-0.39, 0.29) is 11.9 Å². The molecule has 3 rings (SSSR count). The Labute approximate surface area is 132 Å². The Morgan fingerprint density at radius 1 is 1.52 bits per heavy atom. The number of carbonyl (C=O) groups excluding carboxylic acids is 1. The molecule has 2 aromatic heterocycles. The number of hydrogen-bond donors (Lipinski definition) is 1. The number of amides is 1. The van der Waals surface area contributed by atoms with Crippen molar-refractivity contribution in [3.8, 4) is 0 Å². The summed E-state index contributed by atoms with van der Waals surface area (Å²) in [5.74, 6) is -0.0593. The van der Waals surface area contributed by atoms with Gasteiger partial charge in [0.05, 0.1) is 22.3 Å². The zero-order valence-corrected chi connectivity index (χ0v) is 13.7. The standard InChI is InChI=1S/C15H17N3OS2/c1-9-17-13-11(6-3-7-12(13)21-9)18-14(19)10-5-4-8-16-15(10)20-2/h4-5,8,11H,3,6-7H2,1-2H3,(H,18,19). The highest BCUT2D eigenvalue weighted by molar-refractivity contribution is 7.98. The zero-order valence-electron chi connectivity index (χ0n) is 12.0. The van der Waals surface area contributed by atoms with Gasteiger partial charge in [-0.1, -0.05) is 0 Å². The summed E-state index contributed by atoms with van der Waals surface area (Å²) in [6.07, 6.45) is 6.78. The van der Waals surface area contributed by atoms with Crippen molar-refractivity contribution < 1.29 is 4.79 Å². The van der Waals surface area contributed by atoms with Crippen molar-refractivity contribution in [1.82, 2.24) is 15.3 Å². The van der Waals surface area contributed by atoms with E-state index in [2.05, 4.69) is 15.3 Å². The number of aryl methyl sites for hydroxylation is 2. The molecular formula is C15H17N3OS2. The Kier molecular flexibility index (Phi) is 4.26. The molecule has 1 aliphatic rings. The normalized spacial score (nSPS) is 17.3. The van der Waals surface area contributed by atoms with Gasteiger partial charge in [0.2, 0.25) is 0 Å². The van der Waals surface area contributed by atoms with Crippen LogP contribution in [-0.2, 0) is 6.42 Å². The Morgan fingerprint density at radius 2 is 2.38 bits per heavy atom. The molecule has 2 aromatic rings. The first kappa shape index (κ1) is 14.5. The Balaban J connectivity index is 1.82. The molecular weight excluding hydrogens is 302 g/mol. The number of thiazole rings is 1. The predicted molar refractivity (Wildman–Crippen MR) is 86.0 cm³/mol. The molecule has 0 aliphatic heterocycles. The molecule has 21 heavy (non-hydrogen) atoms. The summed E-state index contributed by atoms with van der Waals surface area (Å²) in [5.41, 5.74) is 1.70. The van der Waals surface area contributed by atoms with Crippen LogP contribution in [0.5, 0.6) is 0 Å². The van der Waals surface area contributed by atoms with Gasteiger partial charge in [0.1, 0.15) is 5.03 Å². The first-order valence-corrected chi connectivity index (χ1v) is 8.99. The molecule has 0 aromatic carbocycles. The summed E-state index contributed by atoms with van der Waals surface area (Å²) < 4.78 is 0. The van der Waals surface area contributed by atoms with Crippen LogP contribution in [0.25, 0.3) is 0 Å². The molecule has 0 fully saturated rings. The van der Waals surface area contributed by atoms with Crippen molar-refractivity contribution in [2.45, 2.75) is 37.3 Å². The van der Waals surface area contributed by atoms with Crippen LogP contribution in [0.4, 0.5) is 0 Å². The summed E-state index contributed by atoms with van der Waals surface area (Å²) in [4.78, 5) is 22.7. The average molecular weight is 319 g/mol. The van der Waals surface area contributed by atoms with Gasteiger partial charge in [-0.05, 0) is 44.6 Å². The lowest BCUT2D eigenvalue weighted by atomic mass is 9.97. The van der Waals surface area contributed by atoms with Crippen molar-refractivity contribution in [1.29, 1.82) is 0 Å². The van der Waals surface area contributed by atoms with Crippen LogP contribution in [0.1, 0.15) is 44.8 Å². The minimum absolute atomic E-state index is 0.0288. The van der Waals surface area contributed by atoms with Gasteiger partial charge in [-0.15, -0.1) is 23.1 Å². The van der Waals surface area contributed by atoms with Crippen LogP contribution < -0.4 is 5.32 Å². The maximum atomic E-state index is 12.5. The van der Waals surface area contributed by atoms with Gasteiger partial charge in [0.15, 0.2) is 0 Å². The smallest absolute Gasteiger partial charge is 0.254 e. The molecule has 1 unspecified atom stereocenters. The molecule has 0 spiro atoms. The summed E-state index contributed by atoms with van der Waals surface area (Å²) in [7, 11) is 0. The van der Waals surface area contributed by atoms with E-state index < -0.39 is 0 Å². The van der Waals surface area contributed by atoms with Crippen LogP contribution in [0.15, 0.2) is 23.4 Å². The number of hydrogen-bond acceptors (Lipinski definition) is 5. The van der Waals surface area contributed by atoms with E-state index >= 15 is 0 Å². The minimum Gasteiger partial charge on any atom is -0.344 e. The van der Waals surface area contributed by atoms with Crippen LogP contribution in [0, 0.1) is 6.92 Å². The fourth-order valence-corrected chi connectivity index (χ4v) is 4.23. The van der Waals surface area contributed by atoms with Gasteiger partial charge in [-0.2, -0.15) is 0 Å². The SMILES string of the molecule is CSc1ncccc1C(=O)NC1CCCc2sc(C)nc21. The zero-order chi connectivity index (χ0) is 14.8. The van der Waals surface area contributed by atoms with Crippen molar-refractivity contribution in [2.75, 3.05) is 6.26 Å². The molecule has 0 radical (unpaired) electrons. The molecule has 1 atom stereocenters. The number of nitrogens with zero attached hydrogens (tertiary/aromatic N) is 2. The third-order valence-corrected chi connectivity index (χ3v) is 5.33. The van der Waals surface area contributed by atoms with Gasteiger partial charge in [0.25, 0.3) is 5.91 Å². The van der Waals surface area contributed by atoms with E-state index in [0.29, 0.717) is 5.56 Å². The summed E-state index contributed by atoms with van der Waals surface area (Å²) in [6, 6.07) is 3.65. The van der Waals surface area contributed by atoms with Crippen molar-refractivity contribution in [3.63, 3.8) is 0 Å². The summed E-state index contributed by atoms with van der Waals surface area (Å²) in [5, 5.41) is 4.97. The van der Waals surface area contributed by atoms with E-state index in [9.17, 15) is 4.79 Å². The molecule has 4 nitrogen and oxygen atoms in total. The molecule has 0 bridgehead atoms. The second kappa shape index (κ2) is 6.15. The lowest BCUT2D eigenvalue weighted by Crippen LogP contribution is -2.31. The number of aromatic nitrogens is 2. The van der Waals surface area contributed by atoms with E-state index in [1.165, 1.54) is 16.6 Å². The average Bonchev–Trinajstić information content (AvgIpc) is 2.88. The van der Waals surface area contributed by atoms with Gasteiger partial charge in [0, 0.05) is 11.1 Å². The van der Waals surface area contributed by atoms with Crippen LogP contribution in [0.3, 0.4) is 0 Å². The second-order valence-corrected chi connectivity index (χ2v) is 7.10. The van der Waals surface area contributed by atoms with Gasteiger partial charge < -0.3 is 5.32 Å². The summed E-state index contributed by atoms with van der Waals surface area (Å²) >= 11 is 3.24. The van der Waals surface area contributed by atoms with E-state index in [1.54, 1.807) is 23.6 Å². The number of pyridine rings is 1. The van der Waals surface area contributed by atoms with Crippen LogP contribution >= 0.6 is 23.1 Å². The highest BCUT2D eigenvalue weighted by Crippen LogP contribution is 2.33. The van der Waals surface area contributed by atoms with E-state index in [4.69, 9.17) is 0 Å². The third-order valence-electron chi connectivity index (χ3n) is 3.58. The van der Waals surface area contributed by atoms with Crippen molar-refractivity contribution in [2.24, 2.45) is 0 Å². The maximum absolute atomic E-state index is 12.5. The number of thioether (sulfide) groups is 1. The van der Waals surface area contributed by atoms with Gasteiger partial charge in [-0.3, -0.25) is 4.79 Å². The first-order valence-electron chi connectivity index (χ1n) is 6.95. The first-order chi connectivity index (χ1) is 10.2. The predicted octanol–water partition coefficient (Wildman–Crippen LogP) is 3.38. The van der Waals surface area contributed by atoms with Crippen LogP contribution in [0.2, 0.25) is 0 Å². The van der Waals surface area contributed by atoms with Gasteiger partial charge in [-0.25, -0.2) is 9.97 Å². The quantitative estimate of drug-likeness (QED) is 0.881. The number of nitrogens with one attached hydrogen (secondary N) is 1. The molecule has 0 saturated carbocycles. The molecule has 0 saturated heterocycles. The lowest BCUT2D eigenvalue weighted by Gasteiger charge is -2.22. The molecule has 1 N–H and O–H groups in total. The topological polar surface area (TPSA) is 54.9 Å². The lowest BCUT2D eigenvalue weighted by molar-refractivity contribution is 0.0928. The number of fused-ring (bicyclic) bond motifs is 1. The Morgan fingerprint density at radius 3 is 3.19 bits per heavy atom. The molecule has 1 amide bonds. The monoisotopic (exact) mass is 319 g/mol. The third kappa shape index (κ3) is 2.96. The fraction of sp³-hybridized carbons (Fsp3) is 0.400. The van der Waals surface area contributed by atoms with Crippen LogP contribution in [-0.4, -0.2) is 22.1 Å².